The molecule has 0 aliphatic rings. The largest absolute Gasteiger partial charge is 0.364 e. The molecule has 1 heterocycles. The molecule has 4 amide bonds. The van der Waals surface area contributed by atoms with Gasteiger partial charge in [0.15, 0.2) is 0 Å². The first-order valence-corrected chi connectivity index (χ1v) is 4.28. The molecule has 7 heteroatoms. The van der Waals surface area contributed by atoms with Crippen molar-refractivity contribution in [2.45, 2.75) is 0 Å². The molecule has 0 spiro atoms. The lowest BCUT2D eigenvalue weighted by molar-refractivity contribution is 0.0832. The lowest BCUT2D eigenvalue weighted by Crippen LogP contribution is -2.37. The summed E-state index contributed by atoms with van der Waals surface area (Å²) in [6, 6.07) is 3.25. The highest BCUT2D eigenvalue weighted by atomic mass is 16.2. The number of carbonyl (C=O) groups excluding carboxylic acids is 3. The third-order valence-corrected chi connectivity index (χ3v) is 1.86. The van der Waals surface area contributed by atoms with Crippen molar-refractivity contribution >= 4 is 17.8 Å². The number of nitrogens with zero attached hydrogens (tertiary/aromatic N) is 2. The third-order valence-electron chi connectivity index (χ3n) is 1.86. The van der Waals surface area contributed by atoms with Crippen molar-refractivity contribution in [2.24, 2.45) is 11.5 Å². The maximum absolute atomic E-state index is 11.6. The second-order valence-electron chi connectivity index (χ2n) is 2.97. The summed E-state index contributed by atoms with van der Waals surface area (Å²) in [7, 11) is 1.21. The van der Waals surface area contributed by atoms with Crippen LogP contribution in [0.1, 0.15) is 21.0 Å². The summed E-state index contributed by atoms with van der Waals surface area (Å²) < 4.78 is 0. The lowest BCUT2D eigenvalue weighted by Gasteiger charge is -2.11. The number of rotatable bonds is 2. The predicted molar refractivity (Wildman–Crippen MR) is 54.4 cm³/mol. The Morgan fingerprint density at radius 3 is 2.25 bits per heavy atom. The lowest BCUT2D eigenvalue weighted by atomic mass is 10.2. The molecule has 0 unspecified atom stereocenters. The summed E-state index contributed by atoms with van der Waals surface area (Å²) in [5.41, 5.74) is 9.80. The van der Waals surface area contributed by atoms with E-state index < -0.39 is 17.8 Å². The average Bonchev–Trinajstić information content (AvgIpc) is 2.27. The van der Waals surface area contributed by atoms with Crippen LogP contribution in [0.4, 0.5) is 4.79 Å². The smallest absolute Gasteiger partial charge is 0.321 e. The number of nitrogens with two attached hydrogens (primary N) is 2. The fraction of sp³-hybridized carbons (Fsp3) is 0.111. The maximum Gasteiger partial charge on any atom is 0.321 e. The Balaban J connectivity index is 3.05. The van der Waals surface area contributed by atoms with Gasteiger partial charge in [-0.25, -0.2) is 9.78 Å². The fourth-order valence-corrected chi connectivity index (χ4v) is 0.963. The summed E-state index contributed by atoms with van der Waals surface area (Å²) >= 11 is 0. The molecule has 1 aromatic heterocycles. The van der Waals surface area contributed by atoms with E-state index in [0.717, 1.165) is 0 Å². The molecule has 0 fully saturated rings. The van der Waals surface area contributed by atoms with Crippen molar-refractivity contribution in [2.75, 3.05) is 7.05 Å². The Kier molecular flexibility index (Phi) is 3.19. The minimum Gasteiger partial charge on any atom is -0.364 e. The van der Waals surface area contributed by atoms with Crippen LogP contribution in [-0.2, 0) is 0 Å². The summed E-state index contributed by atoms with van der Waals surface area (Å²) in [5, 5.41) is 0. The molecule has 0 aliphatic carbocycles. The number of carbonyl (C=O) groups is 3. The standard InChI is InChI=1S/C9H10N4O3/c1-13(9(11)16)8(15)6-4-2-3-5(12-6)7(10)14/h2-4H,1H3,(H2,10,14)(H2,11,16). The zero-order chi connectivity index (χ0) is 12.3. The van der Waals surface area contributed by atoms with Crippen LogP contribution in [0.25, 0.3) is 0 Å². The molecule has 0 atom stereocenters. The minimum atomic E-state index is -0.906. The average molecular weight is 222 g/mol. The van der Waals surface area contributed by atoms with Crippen LogP contribution in [-0.4, -0.2) is 34.8 Å². The minimum absolute atomic E-state index is 0.0521. The number of hydrogen-bond acceptors (Lipinski definition) is 4. The van der Waals surface area contributed by atoms with E-state index in [9.17, 15) is 14.4 Å². The Hall–Kier alpha value is -2.44. The number of imide groups is 1. The van der Waals surface area contributed by atoms with E-state index >= 15 is 0 Å². The maximum atomic E-state index is 11.6. The van der Waals surface area contributed by atoms with Crippen molar-refractivity contribution in [3.05, 3.63) is 29.6 Å². The molecule has 84 valence electrons. The zero-order valence-electron chi connectivity index (χ0n) is 8.51. The van der Waals surface area contributed by atoms with Gasteiger partial charge in [0.05, 0.1) is 0 Å². The van der Waals surface area contributed by atoms with E-state index in [4.69, 9.17) is 11.5 Å². The van der Waals surface area contributed by atoms with Gasteiger partial charge in [-0.05, 0) is 12.1 Å². The molecule has 1 aromatic rings. The number of aromatic nitrogens is 1. The van der Waals surface area contributed by atoms with E-state index in [-0.39, 0.29) is 11.4 Å². The number of pyridine rings is 1. The van der Waals surface area contributed by atoms with Crippen molar-refractivity contribution in [3.8, 4) is 0 Å². The second-order valence-corrected chi connectivity index (χ2v) is 2.97. The molecular formula is C9H10N4O3. The number of primary amides is 2. The van der Waals surface area contributed by atoms with Crippen LogP contribution < -0.4 is 11.5 Å². The van der Waals surface area contributed by atoms with Crippen molar-refractivity contribution in [3.63, 3.8) is 0 Å². The molecule has 16 heavy (non-hydrogen) atoms. The highest BCUT2D eigenvalue weighted by Gasteiger charge is 2.18. The Labute approximate surface area is 91.0 Å². The third kappa shape index (κ3) is 2.32. The summed E-state index contributed by atoms with van der Waals surface area (Å²) in [6.07, 6.45) is 0. The van der Waals surface area contributed by atoms with Crippen molar-refractivity contribution in [1.82, 2.24) is 9.88 Å². The first kappa shape index (κ1) is 11.6. The van der Waals surface area contributed by atoms with Crippen LogP contribution in [0.15, 0.2) is 18.2 Å². The molecule has 0 radical (unpaired) electrons. The number of urea groups is 1. The normalized spacial score (nSPS) is 9.56. The van der Waals surface area contributed by atoms with Gasteiger partial charge in [-0.3, -0.25) is 14.5 Å². The van der Waals surface area contributed by atoms with Crippen LogP contribution >= 0.6 is 0 Å². The second kappa shape index (κ2) is 4.39. The van der Waals surface area contributed by atoms with Gasteiger partial charge >= 0.3 is 6.03 Å². The van der Waals surface area contributed by atoms with Gasteiger partial charge in [0.1, 0.15) is 11.4 Å². The van der Waals surface area contributed by atoms with Crippen LogP contribution in [0, 0.1) is 0 Å². The highest BCUT2D eigenvalue weighted by molar-refractivity contribution is 6.03. The van der Waals surface area contributed by atoms with Gasteiger partial charge in [-0.1, -0.05) is 6.07 Å². The van der Waals surface area contributed by atoms with E-state index in [1.54, 1.807) is 0 Å². The Bertz CT molecular complexity index is 458. The first-order chi connectivity index (χ1) is 7.43. The summed E-state index contributed by atoms with van der Waals surface area (Å²) in [6.45, 7) is 0. The molecule has 0 aliphatic heterocycles. The van der Waals surface area contributed by atoms with Gasteiger partial charge in [-0.15, -0.1) is 0 Å². The molecule has 4 N–H and O–H groups in total. The highest BCUT2D eigenvalue weighted by Crippen LogP contribution is 2.02. The predicted octanol–water partition coefficient (Wildman–Crippen LogP) is -0.669. The van der Waals surface area contributed by atoms with E-state index in [1.165, 1.54) is 25.2 Å². The molecule has 0 saturated heterocycles. The quantitative estimate of drug-likeness (QED) is 0.689. The summed E-state index contributed by atoms with van der Waals surface area (Å²) in [4.78, 5) is 37.5. The molecule has 0 aromatic carbocycles. The monoisotopic (exact) mass is 222 g/mol. The van der Waals surface area contributed by atoms with Gasteiger partial charge < -0.3 is 11.5 Å². The zero-order valence-corrected chi connectivity index (χ0v) is 8.51. The number of hydrogen-bond donors (Lipinski definition) is 2. The SMILES string of the molecule is CN(C(N)=O)C(=O)c1cccc(C(N)=O)n1. The van der Waals surface area contributed by atoms with Gasteiger partial charge in [0, 0.05) is 7.05 Å². The topological polar surface area (TPSA) is 119 Å². The molecule has 0 saturated carbocycles. The van der Waals surface area contributed by atoms with E-state index in [1.807, 2.05) is 0 Å². The fourth-order valence-electron chi connectivity index (χ4n) is 0.963. The van der Waals surface area contributed by atoms with E-state index in [0.29, 0.717) is 4.90 Å². The first-order valence-electron chi connectivity index (χ1n) is 4.28. The molecule has 1 rings (SSSR count). The number of amides is 4. The van der Waals surface area contributed by atoms with Crippen LogP contribution in [0.3, 0.4) is 0 Å². The van der Waals surface area contributed by atoms with Gasteiger partial charge in [0.2, 0.25) is 0 Å². The van der Waals surface area contributed by atoms with Gasteiger partial charge in [0.25, 0.3) is 11.8 Å². The van der Waals surface area contributed by atoms with Crippen LogP contribution in [0.5, 0.6) is 0 Å². The van der Waals surface area contributed by atoms with Crippen molar-refractivity contribution in [1.29, 1.82) is 0 Å². The van der Waals surface area contributed by atoms with E-state index in [2.05, 4.69) is 4.98 Å². The molecular weight excluding hydrogens is 212 g/mol. The molecule has 0 bridgehead atoms. The Morgan fingerprint density at radius 1 is 1.19 bits per heavy atom. The van der Waals surface area contributed by atoms with Crippen LogP contribution in [0.2, 0.25) is 0 Å². The van der Waals surface area contributed by atoms with Gasteiger partial charge in [-0.2, -0.15) is 0 Å². The summed E-state index contributed by atoms with van der Waals surface area (Å²) in [5.74, 6) is -1.45. The molecule has 7 nitrogen and oxygen atoms in total. The Morgan fingerprint density at radius 2 is 1.75 bits per heavy atom. The van der Waals surface area contributed by atoms with Crippen molar-refractivity contribution < 1.29 is 14.4 Å².